The normalized spacial score (nSPS) is 51.2. The van der Waals surface area contributed by atoms with Crippen LogP contribution < -0.4 is 0 Å². The lowest BCUT2D eigenvalue weighted by molar-refractivity contribution is 0.0838. The molecule has 1 heterocycles. The van der Waals surface area contributed by atoms with Crippen LogP contribution in [-0.4, -0.2) is 22.5 Å². The smallest absolute Gasteiger partial charge is 0.0167 e. The SMILES string of the molecule is CC(C)(C)N1[C@H]2CCC3(C2)C[C@@H]13. The van der Waals surface area contributed by atoms with Crippen LogP contribution in [0.15, 0.2) is 0 Å². The third-order valence-corrected chi connectivity index (χ3v) is 4.27. The van der Waals surface area contributed by atoms with E-state index >= 15 is 0 Å². The number of likely N-dealkylation sites (tertiary alicyclic amines) is 1. The highest BCUT2D eigenvalue weighted by Gasteiger charge is 2.69. The van der Waals surface area contributed by atoms with Crippen molar-refractivity contribution in [2.45, 2.75) is 64.1 Å². The van der Waals surface area contributed by atoms with E-state index in [4.69, 9.17) is 0 Å². The fraction of sp³-hybridized carbons (Fsp3) is 1.00. The number of rotatable bonds is 0. The molecule has 0 aromatic heterocycles. The Hall–Kier alpha value is -0.0400. The number of hydrogen-bond acceptors (Lipinski definition) is 1. The van der Waals surface area contributed by atoms with E-state index in [9.17, 15) is 0 Å². The quantitative estimate of drug-likeness (QED) is 0.533. The van der Waals surface area contributed by atoms with Crippen molar-refractivity contribution in [1.29, 1.82) is 0 Å². The minimum atomic E-state index is 0.425. The molecule has 1 unspecified atom stereocenters. The van der Waals surface area contributed by atoms with Crippen molar-refractivity contribution in [3.63, 3.8) is 0 Å². The highest BCUT2D eigenvalue weighted by Crippen LogP contribution is 2.68. The van der Waals surface area contributed by atoms with Crippen molar-refractivity contribution in [3.8, 4) is 0 Å². The number of piperidine rings is 2. The first kappa shape index (κ1) is 7.37. The lowest BCUT2D eigenvalue weighted by Gasteiger charge is -2.39. The number of fused-ring (bicyclic) bond motifs is 1. The van der Waals surface area contributed by atoms with Gasteiger partial charge in [-0.15, -0.1) is 0 Å². The molecule has 0 aromatic rings. The van der Waals surface area contributed by atoms with Gasteiger partial charge in [0.15, 0.2) is 0 Å². The van der Waals surface area contributed by atoms with Gasteiger partial charge in [0.25, 0.3) is 0 Å². The molecule has 1 nitrogen and oxygen atoms in total. The van der Waals surface area contributed by atoms with Gasteiger partial charge >= 0.3 is 0 Å². The second-order valence-corrected chi connectivity index (χ2v) is 6.06. The summed E-state index contributed by atoms with van der Waals surface area (Å²) >= 11 is 0. The average Bonchev–Trinajstić information content (AvgIpc) is 2.31. The molecule has 3 rings (SSSR count). The van der Waals surface area contributed by atoms with E-state index in [-0.39, 0.29) is 0 Å². The zero-order valence-electron chi connectivity index (χ0n) is 8.43. The highest BCUT2D eigenvalue weighted by atomic mass is 15.3. The van der Waals surface area contributed by atoms with Crippen molar-refractivity contribution in [2.75, 3.05) is 0 Å². The maximum atomic E-state index is 2.80. The molecule has 2 bridgehead atoms. The van der Waals surface area contributed by atoms with Gasteiger partial charge in [0.05, 0.1) is 0 Å². The summed E-state index contributed by atoms with van der Waals surface area (Å²) in [6, 6.07) is 1.93. The zero-order chi connectivity index (χ0) is 8.56. The fourth-order valence-electron chi connectivity index (χ4n) is 3.84. The molecule has 12 heavy (non-hydrogen) atoms. The Labute approximate surface area is 75.1 Å². The van der Waals surface area contributed by atoms with Gasteiger partial charge in [0.2, 0.25) is 0 Å². The van der Waals surface area contributed by atoms with E-state index in [0.717, 1.165) is 17.5 Å². The van der Waals surface area contributed by atoms with Crippen LogP contribution in [0.1, 0.15) is 46.5 Å². The predicted molar refractivity (Wildman–Crippen MR) is 50.1 cm³/mol. The Balaban J connectivity index is 1.91. The first-order valence-electron chi connectivity index (χ1n) is 5.31. The molecule has 3 aliphatic rings. The first-order valence-corrected chi connectivity index (χ1v) is 5.31. The summed E-state index contributed by atoms with van der Waals surface area (Å²) in [6.45, 7) is 7.12. The molecule has 1 spiro atoms. The van der Waals surface area contributed by atoms with Crippen LogP contribution in [0.25, 0.3) is 0 Å². The maximum absolute atomic E-state index is 2.80. The van der Waals surface area contributed by atoms with E-state index in [2.05, 4.69) is 25.7 Å². The minimum absolute atomic E-state index is 0.425. The average molecular weight is 165 g/mol. The summed E-state index contributed by atoms with van der Waals surface area (Å²) in [7, 11) is 0. The minimum Gasteiger partial charge on any atom is -0.292 e. The van der Waals surface area contributed by atoms with E-state index in [1.165, 1.54) is 25.7 Å². The van der Waals surface area contributed by atoms with Gasteiger partial charge in [-0.25, -0.2) is 0 Å². The molecule has 3 atom stereocenters. The molecule has 1 heteroatoms. The van der Waals surface area contributed by atoms with Gasteiger partial charge in [-0.3, -0.25) is 4.90 Å². The lowest BCUT2D eigenvalue weighted by Crippen LogP contribution is -2.47. The summed E-state index contributed by atoms with van der Waals surface area (Å²) in [5.41, 5.74) is 1.26. The first-order chi connectivity index (χ1) is 5.53. The third-order valence-electron chi connectivity index (χ3n) is 4.27. The Kier molecular flexibility index (Phi) is 1.07. The zero-order valence-corrected chi connectivity index (χ0v) is 8.43. The van der Waals surface area contributed by atoms with Crippen LogP contribution in [0, 0.1) is 5.41 Å². The molecule has 1 saturated heterocycles. The molecule has 0 aromatic carbocycles. The van der Waals surface area contributed by atoms with Crippen molar-refractivity contribution >= 4 is 0 Å². The lowest BCUT2D eigenvalue weighted by atomic mass is 10.0. The van der Waals surface area contributed by atoms with Crippen molar-refractivity contribution < 1.29 is 0 Å². The molecule has 0 radical (unpaired) electrons. The van der Waals surface area contributed by atoms with Gasteiger partial charge < -0.3 is 0 Å². The molecule has 3 fully saturated rings. The molecule has 0 N–H and O–H groups in total. The Morgan fingerprint density at radius 2 is 2.00 bits per heavy atom. The summed E-state index contributed by atoms with van der Waals surface area (Å²) in [6.07, 6.45) is 6.05. The van der Waals surface area contributed by atoms with E-state index in [1.807, 2.05) is 0 Å². The van der Waals surface area contributed by atoms with Gasteiger partial charge in [-0.05, 0) is 51.9 Å². The monoisotopic (exact) mass is 165 g/mol. The molecule has 2 aliphatic carbocycles. The summed E-state index contributed by atoms with van der Waals surface area (Å²) in [5.74, 6) is 0. The standard InChI is InChI=1S/C11H19N/c1-10(2,3)12-8-4-5-11(6-8)7-9(11)12/h8-9H,4-7H2,1-3H3/t8-,9+,11?/m0/s1. The van der Waals surface area contributed by atoms with E-state index in [1.54, 1.807) is 0 Å². The molecule has 68 valence electrons. The van der Waals surface area contributed by atoms with Crippen LogP contribution in [-0.2, 0) is 0 Å². The topological polar surface area (TPSA) is 3.24 Å². The fourth-order valence-corrected chi connectivity index (χ4v) is 3.84. The molecule has 2 saturated carbocycles. The van der Waals surface area contributed by atoms with Crippen LogP contribution >= 0.6 is 0 Å². The van der Waals surface area contributed by atoms with Crippen LogP contribution in [0.5, 0.6) is 0 Å². The molecule has 0 amide bonds. The molecular weight excluding hydrogens is 146 g/mol. The second-order valence-electron chi connectivity index (χ2n) is 6.06. The van der Waals surface area contributed by atoms with Gasteiger partial charge in [-0.1, -0.05) is 0 Å². The predicted octanol–water partition coefficient (Wildman–Crippen LogP) is 2.41. The van der Waals surface area contributed by atoms with Crippen LogP contribution in [0.4, 0.5) is 0 Å². The van der Waals surface area contributed by atoms with E-state index < -0.39 is 0 Å². The summed E-state index contributed by atoms with van der Waals surface area (Å²) in [4.78, 5) is 2.80. The van der Waals surface area contributed by atoms with Crippen molar-refractivity contribution in [3.05, 3.63) is 0 Å². The van der Waals surface area contributed by atoms with E-state index in [0.29, 0.717) is 5.54 Å². The van der Waals surface area contributed by atoms with Crippen LogP contribution in [0.3, 0.4) is 0 Å². The Morgan fingerprint density at radius 1 is 1.25 bits per heavy atom. The molecular formula is C11H19N. The number of nitrogens with zero attached hydrogens (tertiary/aromatic N) is 1. The van der Waals surface area contributed by atoms with Gasteiger partial charge in [0.1, 0.15) is 0 Å². The van der Waals surface area contributed by atoms with Gasteiger partial charge in [-0.2, -0.15) is 0 Å². The summed E-state index contributed by atoms with van der Waals surface area (Å²) in [5, 5.41) is 0. The third kappa shape index (κ3) is 0.693. The Bertz CT molecular complexity index is 224. The largest absolute Gasteiger partial charge is 0.292 e. The van der Waals surface area contributed by atoms with Gasteiger partial charge in [0, 0.05) is 17.6 Å². The van der Waals surface area contributed by atoms with Crippen molar-refractivity contribution in [1.82, 2.24) is 4.90 Å². The summed E-state index contributed by atoms with van der Waals surface area (Å²) < 4.78 is 0. The maximum Gasteiger partial charge on any atom is 0.0167 e. The molecule has 1 aliphatic heterocycles. The Morgan fingerprint density at radius 3 is 2.42 bits per heavy atom. The number of hydrogen-bond donors (Lipinski definition) is 0. The van der Waals surface area contributed by atoms with Crippen molar-refractivity contribution in [2.24, 2.45) is 5.41 Å². The second kappa shape index (κ2) is 1.75. The van der Waals surface area contributed by atoms with Crippen LogP contribution in [0.2, 0.25) is 0 Å². The highest BCUT2D eigenvalue weighted by molar-refractivity contribution is 5.22.